The molecule has 3 N–H and O–H groups in total. The lowest BCUT2D eigenvalue weighted by atomic mass is 10.2. The van der Waals surface area contributed by atoms with E-state index < -0.39 is 0 Å². The summed E-state index contributed by atoms with van der Waals surface area (Å²) in [5.41, 5.74) is 5.49. The second-order valence-electron chi connectivity index (χ2n) is 2.66. The quantitative estimate of drug-likeness (QED) is 0.644. The fourth-order valence-corrected chi connectivity index (χ4v) is 0.705. The number of hydrogen-bond donors (Lipinski definition) is 2. The van der Waals surface area contributed by atoms with Gasteiger partial charge in [-0.25, -0.2) is 0 Å². The first-order valence-corrected chi connectivity index (χ1v) is 4.25. The largest absolute Gasteiger partial charge is 0.355 e. The van der Waals surface area contributed by atoms with Gasteiger partial charge in [-0.1, -0.05) is 20.3 Å². The van der Waals surface area contributed by atoms with Crippen LogP contribution >= 0.6 is 12.4 Å². The van der Waals surface area contributed by atoms with Gasteiger partial charge in [0.05, 0.1) is 6.04 Å². The van der Waals surface area contributed by atoms with Gasteiger partial charge in [0.2, 0.25) is 5.91 Å². The molecule has 0 saturated carbocycles. The van der Waals surface area contributed by atoms with Crippen molar-refractivity contribution < 1.29 is 4.79 Å². The van der Waals surface area contributed by atoms with Crippen LogP contribution < -0.4 is 11.1 Å². The highest BCUT2D eigenvalue weighted by atomic mass is 35.5. The first-order chi connectivity index (χ1) is 5.22. The minimum atomic E-state index is -0.327. The zero-order valence-corrected chi connectivity index (χ0v) is 8.62. The van der Waals surface area contributed by atoms with Gasteiger partial charge in [-0.3, -0.25) is 4.79 Å². The summed E-state index contributed by atoms with van der Waals surface area (Å²) in [5.74, 6) is -0.0269. The molecule has 0 radical (unpaired) electrons. The molecule has 4 heteroatoms. The van der Waals surface area contributed by atoms with Crippen molar-refractivity contribution in [3.63, 3.8) is 0 Å². The summed E-state index contributed by atoms with van der Waals surface area (Å²) in [6.07, 6.45) is 2.84. The van der Waals surface area contributed by atoms with Crippen LogP contribution in [-0.2, 0) is 4.79 Å². The monoisotopic (exact) mass is 194 g/mol. The average molecular weight is 195 g/mol. The maximum Gasteiger partial charge on any atom is 0.236 e. The number of unbranched alkanes of at least 4 members (excludes halogenated alkanes) is 1. The van der Waals surface area contributed by atoms with E-state index in [0.717, 1.165) is 19.4 Å². The Morgan fingerprint density at radius 1 is 1.50 bits per heavy atom. The zero-order chi connectivity index (χ0) is 8.69. The van der Waals surface area contributed by atoms with E-state index in [2.05, 4.69) is 12.2 Å². The number of carbonyl (C=O) groups is 1. The molecule has 0 aliphatic rings. The molecule has 74 valence electrons. The SMILES string of the molecule is CCCCNC(=O)[C@@H](N)CC.Cl. The number of rotatable bonds is 5. The number of carbonyl (C=O) groups excluding carboxylic acids is 1. The summed E-state index contributed by atoms with van der Waals surface area (Å²) in [6, 6.07) is -0.327. The van der Waals surface area contributed by atoms with Crippen LogP contribution in [0.4, 0.5) is 0 Å². The average Bonchev–Trinajstić information content (AvgIpc) is 2.03. The maximum atomic E-state index is 11.0. The van der Waals surface area contributed by atoms with E-state index in [1.807, 2.05) is 6.92 Å². The van der Waals surface area contributed by atoms with Crippen LogP contribution in [0.2, 0.25) is 0 Å². The highest BCUT2D eigenvalue weighted by molar-refractivity contribution is 5.85. The molecule has 0 unspecified atom stereocenters. The summed E-state index contributed by atoms with van der Waals surface area (Å²) < 4.78 is 0. The Kier molecular flexibility index (Phi) is 10.5. The van der Waals surface area contributed by atoms with Crippen LogP contribution in [0.3, 0.4) is 0 Å². The van der Waals surface area contributed by atoms with Crippen LogP contribution in [-0.4, -0.2) is 18.5 Å². The van der Waals surface area contributed by atoms with E-state index in [1.54, 1.807) is 0 Å². The van der Waals surface area contributed by atoms with E-state index in [9.17, 15) is 4.79 Å². The zero-order valence-electron chi connectivity index (χ0n) is 7.80. The molecule has 0 bridgehead atoms. The van der Waals surface area contributed by atoms with Crippen LogP contribution in [0.15, 0.2) is 0 Å². The van der Waals surface area contributed by atoms with E-state index in [-0.39, 0.29) is 24.4 Å². The van der Waals surface area contributed by atoms with Gasteiger partial charge in [-0.2, -0.15) is 0 Å². The number of hydrogen-bond acceptors (Lipinski definition) is 2. The summed E-state index contributed by atoms with van der Waals surface area (Å²) in [4.78, 5) is 11.0. The summed E-state index contributed by atoms with van der Waals surface area (Å²) in [5, 5.41) is 2.77. The Morgan fingerprint density at radius 2 is 2.08 bits per heavy atom. The molecule has 12 heavy (non-hydrogen) atoms. The molecular formula is C8H19ClN2O. The van der Waals surface area contributed by atoms with Crippen LogP contribution in [0.1, 0.15) is 33.1 Å². The van der Waals surface area contributed by atoms with Crippen molar-refractivity contribution >= 4 is 18.3 Å². The van der Waals surface area contributed by atoms with Gasteiger partial charge in [0.1, 0.15) is 0 Å². The number of halogens is 1. The van der Waals surface area contributed by atoms with Crippen molar-refractivity contribution in [3.8, 4) is 0 Å². The molecule has 0 aromatic carbocycles. The highest BCUT2D eigenvalue weighted by Crippen LogP contribution is 1.87. The summed E-state index contributed by atoms with van der Waals surface area (Å²) >= 11 is 0. The first-order valence-electron chi connectivity index (χ1n) is 4.25. The Balaban J connectivity index is 0. The van der Waals surface area contributed by atoms with Gasteiger partial charge < -0.3 is 11.1 Å². The molecule has 0 rings (SSSR count). The highest BCUT2D eigenvalue weighted by Gasteiger charge is 2.08. The van der Waals surface area contributed by atoms with Crippen molar-refractivity contribution in [1.29, 1.82) is 0 Å². The van der Waals surface area contributed by atoms with E-state index >= 15 is 0 Å². The Bertz CT molecular complexity index is 120. The lowest BCUT2D eigenvalue weighted by molar-refractivity contribution is -0.122. The maximum absolute atomic E-state index is 11.0. The Labute approximate surface area is 80.5 Å². The molecule has 1 amide bonds. The van der Waals surface area contributed by atoms with Crippen LogP contribution in [0, 0.1) is 0 Å². The molecule has 3 nitrogen and oxygen atoms in total. The van der Waals surface area contributed by atoms with Gasteiger partial charge in [-0.05, 0) is 12.8 Å². The molecular weight excluding hydrogens is 176 g/mol. The summed E-state index contributed by atoms with van der Waals surface area (Å²) in [6.45, 7) is 4.75. The molecule has 0 aliphatic carbocycles. The van der Waals surface area contributed by atoms with Gasteiger partial charge in [0.15, 0.2) is 0 Å². The minimum Gasteiger partial charge on any atom is -0.355 e. The number of nitrogens with one attached hydrogen (secondary N) is 1. The molecule has 0 aliphatic heterocycles. The van der Waals surface area contributed by atoms with E-state index in [4.69, 9.17) is 5.73 Å². The van der Waals surface area contributed by atoms with E-state index in [0.29, 0.717) is 6.42 Å². The first kappa shape index (κ1) is 14.3. The predicted octanol–water partition coefficient (Wildman–Crippen LogP) is 1.06. The Hall–Kier alpha value is -0.280. The molecule has 0 saturated heterocycles. The van der Waals surface area contributed by atoms with Crippen molar-refractivity contribution in [2.45, 2.75) is 39.2 Å². The van der Waals surface area contributed by atoms with Crippen molar-refractivity contribution in [3.05, 3.63) is 0 Å². The molecule has 0 spiro atoms. The molecule has 0 aromatic heterocycles. The van der Waals surface area contributed by atoms with Crippen molar-refractivity contribution in [2.75, 3.05) is 6.54 Å². The number of amides is 1. The van der Waals surface area contributed by atoms with E-state index in [1.165, 1.54) is 0 Å². The van der Waals surface area contributed by atoms with Crippen molar-refractivity contribution in [1.82, 2.24) is 5.32 Å². The minimum absolute atomic E-state index is 0. The summed E-state index contributed by atoms with van der Waals surface area (Å²) in [7, 11) is 0. The Morgan fingerprint density at radius 3 is 2.50 bits per heavy atom. The standard InChI is InChI=1S/C8H18N2O.ClH/c1-3-5-6-10-8(11)7(9)4-2;/h7H,3-6,9H2,1-2H3,(H,10,11);1H/t7-;/m0./s1. The second kappa shape index (κ2) is 8.81. The fraction of sp³-hybridized carbons (Fsp3) is 0.875. The van der Waals surface area contributed by atoms with Crippen LogP contribution in [0.5, 0.6) is 0 Å². The lowest BCUT2D eigenvalue weighted by Crippen LogP contribution is -2.40. The van der Waals surface area contributed by atoms with Gasteiger partial charge in [0, 0.05) is 6.54 Å². The van der Waals surface area contributed by atoms with Crippen LogP contribution in [0.25, 0.3) is 0 Å². The lowest BCUT2D eigenvalue weighted by Gasteiger charge is -2.08. The van der Waals surface area contributed by atoms with Crippen molar-refractivity contribution in [2.24, 2.45) is 5.73 Å². The molecule has 0 aromatic rings. The second-order valence-corrected chi connectivity index (χ2v) is 2.66. The smallest absolute Gasteiger partial charge is 0.236 e. The third kappa shape index (κ3) is 6.43. The fourth-order valence-electron chi connectivity index (χ4n) is 0.705. The normalized spacial score (nSPS) is 11.6. The van der Waals surface area contributed by atoms with Gasteiger partial charge in [-0.15, -0.1) is 12.4 Å². The molecule has 0 heterocycles. The third-order valence-corrected chi connectivity index (χ3v) is 1.61. The van der Waals surface area contributed by atoms with Gasteiger partial charge in [0.25, 0.3) is 0 Å². The number of nitrogens with two attached hydrogens (primary N) is 1. The molecule has 1 atom stereocenters. The third-order valence-electron chi connectivity index (χ3n) is 1.61. The molecule has 0 fully saturated rings. The predicted molar refractivity (Wildman–Crippen MR) is 53.4 cm³/mol. The topological polar surface area (TPSA) is 55.1 Å². The van der Waals surface area contributed by atoms with Gasteiger partial charge >= 0.3 is 0 Å².